The van der Waals surface area contributed by atoms with Crippen molar-refractivity contribution in [2.45, 2.75) is 11.4 Å². The van der Waals surface area contributed by atoms with Crippen LogP contribution in [0.2, 0.25) is 0 Å². The Labute approximate surface area is 116 Å². The van der Waals surface area contributed by atoms with Crippen molar-refractivity contribution in [3.63, 3.8) is 0 Å². The summed E-state index contributed by atoms with van der Waals surface area (Å²) < 4.78 is 24.3. The highest BCUT2D eigenvalue weighted by atomic mass is 32.2. The van der Waals surface area contributed by atoms with Gasteiger partial charge in [-0.3, -0.25) is 4.68 Å². The van der Waals surface area contributed by atoms with E-state index in [1.165, 1.54) is 18.2 Å². The highest BCUT2D eigenvalue weighted by Crippen LogP contribution is 2.20. The summed E-state index contributed by atoms with van der Waals surface area (Å²) in [5.41, 5.74) is 1.68. The molecule has 0 radical (unpaired) electrons. The quantitative estimate of drug-likeness (QED) is 0.854. The van der Waals surface area contributed by atoms with E-state index in [1.54, 1.807) is 17.9 Å². The Hall–Kier alpha value is -2.37. The molecule has 0 saturated heterocycles. The lowest BCUT2D eigenvalue weighted by molar-refractivity contribution is 0.598. The summed E-state index contributed by atoms with van der Waals surface area (Å²) in [6.45, 7) is 0.427. The molecule has 7 nitrogen and oxygen atoms in total. The van der Waals surface area contributed by atoms with Gasteiger partial charge in [-0.15, -0.1) is 0 Å². The number of nitriles is 1. The van der Waals surface area contributed by atoms with E-state index in [2.05, 4.69) is 10.4 Å². The smallest absolute Gasteiger partial charge is 0.238 e. The summed E-state index contributed by atoms with van der Waals surface area (Å²) in [5, 5.41) is 21.1. The highest BCUT2D eigenvalue weighted by molar-refractivity contribution is 7.89. The third-order valence-electron chi connectivity index (χ3n) is 2.68. The largest absolute Gasteiger partial charge is 0.380 e. The number of nitrogens with zero attached hydrogens (tertiary/aromatic N) is 3. The van der Waals surface area contributed by atoms with Crippen molar-refractivity contribution in [1.82, 2.24) is 9.78 Å². The van der Waals surface area contributed by atoms with Crippen LogP contribution < -0.4 is 10.5 Å². The van der Waals surface area contributed by atoms with Gasteiger partial charge in [-0.05, 0) is 18.2 Å². The second-order valence-electron chi connectivity index (χ2n) is 4.24. The van der Waals surface area contributed by atoms with Crippen molar-refractivity contribution in [3.8, 4) is 6.07 Å². The van der Waals surface area contributed by atoms with E-state index < -0.39 is 10.0 Å². The average molecular weight is 291 g/mol. The van der Waals surface area contributed by atoms with Gasteiger partial charge in [0.25, 0.3) is 0 Å². The van der Waals surface area contributed by atoms with Crippen molar-refractivity contribution in [3.05, 3.63) is 41.7 Å². The monoisotopic (exact) mass is 291 g/mol. The molecule has 3 N–H and O–H groups in total. The average Bonchev–Trinajstić information content (AvgIpc) is 2.80. The number of hydrogen-bond acceptors (Lipinski definition) is 5. The van der Waals surface area contributed by atoms with Crippen LogP contribution in [0.4, 0.5) is 5.69 Å². The number of sulfonamides is 1. The lowest BCUT2D eigenvalue weighted by Crippen LogP contribution is -2.13. The molecule has 0 saturated carbocycles. The molecule has 0 aliphatic heterocycles. The Bertz CT molecular complexity index is 773. The molecular weight excluding hydrogens is 278 g/mol. The van der Waals surface area contributed by atoms with Crippen LogP contribution in [-0.2, 0) is 23.6 Å². The zero-order chi connectivity index (χ0) is 14.8. The lowest BCUT2D eigenvalue weighted by Gasteiger charge is -2.08. The molecule has 0 fully saturated rings. The molecule has 2 rings (SSSR count). The maximum absolute atomic E-state index is 11.3. The summed E-state index contributed by atoms with van der Waals surface area (Å²) in [4.78, 5) is -0.0369. The SMILES string of the molecule is Cn1cc(CNc2cc(S(N)(=O)=O)ccc2C#N)cn1. The van der Waals surface area contributed by atoms with Gasteiger partial charge in [-0.1, -0.05) is 0 Å². The zero-order valence-corrected chi connectivity index (χ0v) is 11.6. The van der Waals surface area contributed by atoms with Crippen LogP contribution >= 0.6 is 0 Å². The lowest BCUT2D eigenvalue weighted by atomic mass is 10.2. The van der Waals surface area contributed by atoms with Crippen molar-refractivity contribution in [2.75, 3.05) is 5.32 Å². The molecule has 1 aromatic heterocycles. The summed E-state index contributed by atoms with van der Waals surface area (Å²) >= 11 is 0. The summed E-state index contributed by atoms with van der Waals surface area (Å²) in [5.74, 6) is 0. The molecule has 1 aromatic carbocycles. The van der Waals surface area contributed by atoms with E-state index >= 15 is 0 Å². The van der Waals surface area contributed by atoms with Crippen LogP contribution in [0, 0.1) is 11.3 Å². The van der Waals surface area contributed by atoms with Crippen LogP contribution in [0.1, 0.15) is 11.1 Å². The fourth-order valence-corrected chi connectivity index (χ4v) is 2.24. The van der Waals surface area contributed by atoms with Crippen LogP contribution in [0.3, 0.4) is 0 Å². The first-order chi connectivity index (χ1) is 9.40. The van der Waals surface area contributed by atoms with Crippen molar-refractivity contribution in [1.29, 1.82) is 5.26 Å². The van der Waals surface area contributed by atoms with E-state index in [0.29, 0.717) is 17.8 Å². The van der Waals surface area contributed by atoms with Gasteiger partial charge in [-0.2, -0.15) is 10.4 Å². The maximum Gasteiger partial charge on any atom is 0.238 e. The third kappa shape index (κ3) is 3.14. The van der Waals surface area contributed by atoms with E-state index in [1.807, 2.05) is 12.3 Å². The number of hydrogen-bond donors (Lipinski definition) is 2. The van der Waals surface area contributed by atoms with Gasteiger partial charge in [0, 0.05) is 25.4 Å². The molecule has 0 atom stereocenters. The van der Waals surface area contributed by atoms with Gasteiger partial charge in [0.1, 0.15) is 6.07 Å². The molecule has 2 aromatic rings. The van der Waals surface area contributed by atoms with E-state index in [-0.39, 0.29) is 4.90 Å². The van der Waals surface area contributed by atoms with Crippen LogP contribution in [0.15, 0.2) is 35.5 Å². The van der Waals surface area contributed by atoms with Crippen molar-refractivity contribution >= 4 is 15.7 Å². The second-order valence-corrected chi connectivity index (χ2v) is 5.80. The molecule has 0 bridgehead atoms. The minimum Gasteiger partial charge on any atom is -0.380 e. The number of aromatic nitrogens is 2. The maximum atomic E-state index is 11.3. The van der Waals surface area contributed by atoms with Crippen molar-refractivity contribution in [2.24, 2.45) is 12.2 Å². The minimum atomic E-state index is -3.80. The van der Waals surface area contributed by atoms with Crippen molar-refractivity contribution < 1.29 is 8.42 Å². The van der Waals surface area contributed by atoms with Crippen LogP contribution in [-0.4, -0.2) is 18.2 Å². The molecule has 0 aliphatic carbocycles. The summed E-state index contributed by atoms with van der Waals surface area (Å²) in [6, 6.07) is 6.08. The summed E-state index contributed by atoms with van der Waals surface area (Å²) in [7, 11) is -2.00. The Morgan fingerprint density at radius 1 is 1.50 bits per heavy atom. The normalized spacial score (nSPS) is 11.1. The van der Waals surface area contributed by atoms with Gasteiger partial charge in [0.2, 0.25) is 10.0 Å². The molecule has 20 heavy (non-hydrogen) atoms. The van der Waals surface area contributed by atoms with Gasteiger partial charge < -0.3 is 5.32 Å². The topological polar surface area (TPSA) is 114 Å². The van der Waals surface area contributed by atoms with E-state index in [9.17, 15) is 8.42 Å². The first kappa shape index (κ1) is 14.0. The van der Waals surface area contributed by atoms with Gasteiger partial charge in [-0.25, -0.2) is 13.6 Å². The number of anilines is 1. The number of benzene rings is 1. The van der Waals surface area contributed by atoms with Gasteiger partial charge in [0.15, 0.2) is 0 Å². The number of primary sulfonamides is 1. The Kier molecular flexibility index (Phi) is 3.74. The molecule has 0 aliphatic rings. The Balaban J connectivity index is 2.27. The first-order valence-corrected chi connectivity index (χ1v) is 7.23. The summed E-state index contributed by atoms with van der Waals surface area (Å²) in [6.07, 6.45) is 3.51. The number of nitrogens with one attached hydrogen (secondary N) is 1. The van der Waals surface area contributed by atoms with Gasteiger partial charge >= 0.3 is 0 Å². The molecule has 0 amide bonds. The molecule has 1 heterocycles. The Morgan fingerprint density at radius 2 is 2.25 bits per heavy atom. The Morgan fingerprint density at radius 3 is 2.80 bits per heavy atom. The zero-order valence-electron chi connectivity index (χ0n) is 10.7. The molecule has 0 spiro atoms. The highest BCUT2D eigenvalue weighted by Gasteiger charge is 2.11. The molecule has 8 heteroatoms. The van der Waals surface area contributed by atoms with E-state index in [4.69, 9.17) is 10.4 Å². The van der Waals surface area contributed by atoms with Crippen LogP contribution in [0.5, 0.6) is 0 Å². The standard InChI is InChI=1S/C12H13N5O2S/c1-17-8-9(7-16-17)6-15-12-4-11(20(14,18)19)3-2-10(12)5-13/h2-4,7-8,15H,6H2,1H3,(H2,14,18,19). The predicted octanol–water partition coefficient (Wildman–Crippen LogP) is 0.551. The van der Waals surface area contributed by atoms with Gasteiger partial charge in [0.05, 0.1) is 22.3 Å². The number of nitrogens with two attached hydrogens (primary N) is 1. The fraction of sp³-hybridized carbons (Fsp3) is 0.167. The minimum absolute atomic E-state index is 0.0369. The fourth-order valence-electron chi connectivity index (χ4n) is 1.70. The third-order valence-corrected chi connectivity index (χ3v) is 3.59. The molecular formula is C12H13N5O2S. The van der Waals surface area contributed by atoms with E-state index in [0.717, 1.165) is 5.56 Å². The molecule has 0 unspecified atom stereocenters. The second kappa shape index (κ2) is 5.32. The predicted molar refractivity (Wildman–Crippen MR) is 73.1 cm³/mol. The molecule has 104 valence electrons. The number of rotatable bonds is 4. The van der Waals surface area contributed by atoms with Crippen LogP contribution in [0.25, 0.3) is 0 Å². The number of aryl methyl sites for hydroxylation is 1. The first-order valence-electron chi connectivity index (χ1n) is 5.68.